The van der Waals surface area contributed by atoms with Crippen LogP contribution in [0, 0.1) is 0 Å². The molecule has 4 aromatic rings. The molecular weight excluding hydrogens is 394 g/mol. The Hall–Kier alpha value is -3.55. The van der Waals surface area contributed by atoms with Crippen LogP contribution in [-0.4, -0.2) is 54.8 Å². The Morgan fingerprint density at radius 2 is 1.81 bits per heavy atom. The van der Waals surface area contributed by atoms with Crippen LogP contribution in [0.4, 0.5) is 0 Å². The second-order valence-corrected chi connectivity index (χ2v) is 6.86. The molecule has 0 radical (unpaired) electrons. The number of pyridine rings is 1. The first-order valence-corrected chi connectivity index (χ1v) is 9.99. The van der Waals surface area contributed by atoms with Crippen molar-refractivity contribution in [2.24, 2.45) is 0 Å². The normalized spacial score (nSPS) is 11.0. The molecule has 0 bridgehead atoms. The summed E-state index contributed by atoms with van der Waals surface area (Å²) in [6.45, 7) is 2.08. The second-order valence-electron chi connectivity index (χ2n) is 6.86. The third kappa shape index (κ3) is 4.96. The van der Waals surface area contributed by atoms with Crippen molar-refractivity contribution >= 4 is 17.5 Å². The summed E-state index contributed by atoms with van der Waals surface area (Å²) in [6.07, 6.45) is 2.57. The van der Waals surface area contributed by atoms with Gasteiger partial charge in [0.25, 0.3) is 0 Å². The molecule has 2 aromatic heterocycles. The van der Waals surface area contributed by atoms with E-state index < -0.39 is 0 Å². The Kier molecular flexibility index (Phi) is 6.66. The Bertz CT molecular complexity index is 1160. The second kappa shape index (κ2) is 9.97. The predicted molar refractivity (Wildman–Crippen MR) is 118 cm³/mol. The van der Waals surface area contributed by atoms with Gasteiger partial charge in [0.1, 0.15) is 24.5 Å². The van der Waals surface area contributed by atoms with Crippen LogP contribution in [0.5, 0.6) is 5.75 Å². The first-order valence-electron chi connectivity index (χ1n) is 9.99. The monoisotopic (exact) mass is 417 g/mol. The molecule has 0 unspecified atom stereocenters. The van der Waals surface area contributed by atoms with Gasteiger partial charge in [-0.05, 0) is 23.8 Å². The number of nitrogens with zero attached hydrogens (tertiary/aromatic N) is 2. The molecule has 7 heteroatoms. The quantitative estimate of drug-likeness (QED) is 0.308. The Morgan fingerprint density at radius 1 is 0.968 bits per heavy atom. The van der Waals surface area contributed by atoms with Crippen molar-refractivity contribution in [3.8, 4) is 28.3 Å². The fraction of sp³-hybridized carbons (Fsp3) is 0.208. The standard InChI is InChI=1S/C24H23N3O4/c1-29-11-12-30-13-14-31-20-4-2-3-19(15-20)21-9-10-25-24-22(21)26-23(27-24)18-7-5-17(16-28)6-8-18/h2-10,15-16H,11-14H2,1H3,(H,25,26,27). The minimum absolute atomic E-state index is 0.462. The van der Waals surface area contributed by atoms with Gasteiger partial charge in [-0.25, -0.2) is 9.97 Å². The number of benzene rings is 2. The minimum atomic E-state index is 0.462. The van der Waals surface area contributed by atoms with Crippen LogP contribution in [0.15, 0.2) is 60.8 Å². The highest BCUT2D eigenvalue weighted by molar-refractivity contribution is 5.91. The topological polar surface area (TPSA) is 86.3 Å². The van der Waals surface area contributed by atoms with E-state index >= 15 is 0 Å². The zero-order chi connectivity index (χ0) is 21.5. The number of methoxy groups -OCH3 is 1. The molecule has 0 aliphatic carbocycles. The van der Waals surface area contributed by atoms with Gasteiger partial charge in [0.15, 0.2) is 5.65 Å². The third-order valence-corrected chi connectivity index (χ3v) is 4.79. The molecule has 31 heavy (non-hydrogen) atoms. The first-order chi connectivity index (χ1) is 15.3. The molecule has 0 spiro atoms. The Labute approximate surface area is 180 Å². The number of aromatic amines is 1. The lowest BCUT2D eigenvalue weighted by Gasteiger charge is -2.09. The number of H-pyrrole nitrogens is 1. The van der Waals surface area contributed by atoms with Crippen LogP contribution < -0.4 is 4.74 Å². The number of carbonyl (C=O) groups is 1. The molecular formula is C24H23N3O4. The van der Waals surface area contributed by atoms with E-state index in [-0.39, 0.29) is 0 Å². The van der Waals surface area contributed by atoms with E-state index in [1.807, 2.05) is 42.5 Å². The lowest BCUT2D eigenvalue weighted by molar-refractivity contribution is 0.0544. The van der Waals surface area contributed by atoms with Crippen molar-refractivity contribution in [2.75, 3.05) is 33.5 Å². The lowest BCUT2D eigenvalue weighted by atomic mass is 10.1. The third-order valence-electron chi connectivity index (χ3n) is 4.79. The Morgan fingerprint density at radius 3 is 2.61 bits per heavy atom. The number of aromatic nitrogens is 3. The van der Waals surface area contributed by atoms with E-state index in [1.165, 1.54) is 0 Å². The van der Waals surface area contributed by atoms with Gasteiger partial charge in [0.05, 0.1) is 25.3 Å². The Balaban J connectivity index is 1.55. The zero-order valence-electron chi connectivity index (χ0n) is 17.2. The van der Waals surface area contributed by atoms with Crippen LogP contribution in [0.25, 0.3) is 33.7 Å². The van der Waals surface area contributed by atoms with E-state index in [9.17, 15) is 4.79 Å². The molecule has 0 saturated carbocycles. The maximum absolute atomic E-state index is 10.9. The summed E-state index contributed by atoms with van der Waals surface area (Å²) in [5.41, 5.74) is 4.97. The smallest absolute Gasteiger partial charge is 0.178 e. The van der Waals surface area contributed by atoms with E-state index in [1.54, 1.807) is 25.4 Å². The number of fused-ring (bicyclic) bond motifs is 1. The largest absolute Gasteiger partial charge is 0.491 e. The van der Waals surface area contributed by atoms with Gasteiger partial charge in [-0.15, -0.1) is 0 Å². The van der Waals surface area contributed by atoms with Crippen molar-refractivity contribution < 1.29 is 19.0 Å². The summed E-state index contributed by atoms with van der Waals surface area (Å²) in [6, 6.07) is 17.1. The van der Waals surface area contributed by atoms with Gasteiger partial charge < -0.3 is 19.2 Å². The first kappa shape index (κ1) is 20.7. The maximum atomic E-state index is 10.9. The van der Waals surface area contributed by atoms with Crippen LogP contribution in [0.3, 0.4) is 0 Å². The van der Waals surface area contributed by atoms with Gasteiger partial charge >= 0.3 is 0 Å². The predicted octanol–water partition coefficient (Wildman–Crippen LogP) is 4.15. The number of carbonyl (C=O) groups excluding carboxylic acids is 1. The fourth-order valence-corrected chi connectivity index (χ4v) is 3.22. The molecule has 0 amide bonds. The van der Waals surface area contributed by atoms with Gasteiger partial charge in [-0.3, -0.25) is 4.79 Å². The van der Waals surface area contributed by atoms with Crippen molar-refractivity contribution in [3.63, 3.8) is 0 Å². The zero-order valence-corrected chi connectivity index (χ0v) is 17.2. The molecule has 0 atom stereocenters. The summed E-state index contributed by atoms with van der Waals surface area (Å²) in [5.74, 6) is 1.47. The van der Waals surface area contributed by atoms with Crippen LogP contribution in [0.1, 0.15) is 10.4 Å². The highest BCUT2D eigenvalue weighted by Crippen LogP contribution is 2.30. The summed E-state index contributed by atoms with van der Waals surface area (Å²) in [4.78, 5) is 23.3. The number of hydrogen-bond acceptors (Lipinski definition) is 6. The van der Waals surface area contributed by atoms with Crippen LogP contribution >= 0.6 is 0 Å². The molecule has 2 aromatic carbocycles. The van der Waals surface area contributed by atoms with Crippen molar-refractivity contribution in [1.82, 2.24) is 15.0 Å². The minimum Gasteiger partial charge on any atom is -0.491 e. The molecule has 0 aliphatic heterocycles. The number of nitrogens with one attached hydrogen (secondary N) is 1. The molecule has 2 heterocycles. The average Bonchev–Trinajstić information content (AvgIpc) is 3.26. The van der Waals surface area contributed by atoms with Gasteiger partial charge in [-0.2, -0.15) is 0 Å². The molecule has 0 saturated heterocycles. The number of rotatable bonds is 10. The number of hydrogen-bond donors (Lipinski definition) is 1. The molecule has 0 aliphatic rings. The highest BCUT2D eigenvalue weighted by atomic mass is 16.5. The van der Waals surface area contributed by atoms with E-state index in [0.717, 1.165) is 34.2 Å². The molecule has 7 nitrogen and oxygen atoms in total. The van der Waals surface area contributed by atoms with Crippen molar-refractivity contribution in [3.05, 3.63) is 66.4 Å². The number of aldehydes is 1. The summed E-state index contributed by atoms with van der Waals surface area (Å²) >= 11 is 0. The SMILES string of the molecule is COCCOCCOc1cccc(-c2ccnc3nc(-c4ccc(C=O)cc4)[nH]c23)c1. The molecule has 1 N–H and O–H groups in total. The number of imidazole rings is 1. The van der Waals surface area contributed by atoms with Crippen molar-refractivity contribution in [1.29, 1.82) is 0 Å². The summed E-state index contributed by atoms with van der Waals surface area (Å²) in [5, 5.41) is 0. The van der Waals surface area contributed by atoms with Crippen molar-refractivity contribution in [2.45, 2.75) is 0 Å². The van der Waals surface area contributed by atoms with Gasteiger partial charge in [-0.1, -0.05) is 36.4 Å². The number of ether oxygens (including phenoxy) is 3. The van der Waals surface area contributed by atoms with Gasteiger partial charge in [0.2, 0.25) is 0 Å². The summed E-state index contributed by atoms with van der Waals surface area (Å²) < 4.78 is 16.2. The maximum Gasteiger partial charge on any atom is 0.178 e. The molecule has 4 rings (SSSR count). The van der Waals surface area contributed by atoms with E-state index in [0.29, 0.717) is 43.5 Å². The molecule has 0 fully saturated rings. The highest BCUT2D eigenvalue weighted by Gasteiger charge is 2.12. The fourth-order valence-electron chi connectivity index (χ4n) is 3.22. The lowest BCUT2D eigenvalue weighted by Crippen LogP contribution is -2.09. The van der Waals surface area contributed by atoms with Crippen LogP contribution in [0.2, 0.25) is 0 Å². The average molecular weight is 417 g/mol. The molecule has 158 valence electrons. The van der Waals surface area contributed by atoms with E-state index in [4.69, 9.17) is 14.2 Å². The summed E-state index contributed by atoms with van der Waals surface area (Å²) in [7, 11) is 1.65. The van der Waals surface area contributed by atoms with Gasteiger partial charge in [0, 0.05) is 30.0 Å². The van der Waals surface area contributed by atoms with E-state index in [2.05, 4.69) is 15.0 Å². The van der Waals surface area contributed by atoms with Crippen LogP contribution in [-0.2, 0) is 9.47 Å².